The quantitative estimate of drug-likeness (QED) is 0.0263. The van der Waals surface area contributed by atoms with Crippen molar-refractivity contribution in [1.82, 2.24) is 0 Å². The van der Waals surface area contributed by atoms with Crippen molar-refractivity contribution >= 4 is 17.9 Å². The molecule has 0 aromatic heterocycles. The van der Waals surface area contributed by atoms with Gasteiger partial charge >= 0.3 is 17.9 Å². The minimum Gasteiger partial charge on any atom is -0.462 e. The number of esters is 3. The lowest BCUT2D eigenvalue weighted by atomic mass is 10.1. The van der Waals surface area contributed by atoms with E-state index in [1.807, 2.05) is 0 Å². The lowest BCUT2D eigenvalue weighted by Gasteiger charge is -2.18. The monoisotopic (exact) mass is 873 g/mol. The Morgan fingerprint density at radius 1 is 0.317 bits per heavy atom. The Morgan fingerprint density at radius 3 is 0.889 bits per heavy atom. The second-order valence-corrected chi connectivity index (χ2v) is 16.3. The van der Waals surface area contributed by atoms with Gasteiger partial charge in [-0.3, -0.25) is 14.4 Å². The van der Waals surface area contributed by atoms with Gasteiger partial charge in [0, 0.05) is 19.3 Å². The summed E-state index contributed by atoms with van der Waals surface area (Å²) >= 11 is 0. The molecule has 0 aromatic rings. The molecule has 0 unspecified atom stereocenters. The maximum atomic E-state index is 12.8. The highest BCUT2D eigenvalue weighted by Crippen LogP contribution is 2.13. The van der Waals surface area contributed by atoms with Gasteiger partial charge in [-0.05, 0) is 116 Å². The predicted octanol–water partition coefficient (Wildman–Crippen LogP) is 16.8. The SMILES string of the molecule is CC/C=C/C/C=C\C/C=C/CCCCCCCC(=O)OC(COC(=O)CCCCCCC/C=C/C/C=C/C/C=C/CC)COC(=O)CCCCCCC/C=C/C/C=C/C/C=C/CC. The van der Waals surface area contributed by atoms with Crippen LogP contribution in [0.1, 0.15) is 213 Å². The summed E-state index contributed by atoms with van der Waals surface area (Å²) in [6.07, 6.45) is 67.8. The van der Waals surface area contributed by atoms with Crippen molar-refractivity contribution in [1.29, 1.82) is 0 Å². The molecule has 0 aliphatic heterocycles. The van der Waals surface area contributed by atoms with Gasteiger partial charge in [-0.15, -0.1) is 0 Å². The fraction of sp³-hybridized carbons (Fsp3) is 0.632. The van der Waals surface area contributed by atoms with Crippen molar-refractivity contribution in [3.8, 4) is 0 Å². The number of allylic oxidation sites excluding steroid dienone is 18. The van der Waals surface area contributed by atoms with Crippen LogP contribution in [-0.2, 0) is 28.6 Å². The van der Waals surface area contributed by atoms with E-state index in [-0.39, 0.29) is 31.1 Å². The Kier molecular flexibility index (Phi) is 47.5. The molecular weight excluding hydrogens is 781 g/mol. The van der Waals surface area contributed by atoms with Crippen LogP contribution in [0.3, 0.4) is 0 Å². The second-order valence-electron chi connectivity index (χ2n) is 16.3. The summed E-state index contributed by atoms with van der Waals surface area (Å²) in [6.45, 7) is 6.24. The third kappa shape index (κ3) is 49.0. The van der Waals surface area contributed by atoms with Crippen LogP contribution < -0.4 is 0 Å². The summed E-state index contributed by atoms with van der Waals surface area (Å²) < 4.78 is 16.8. The topological polar surface area (TPSA) is 78.9 Å². The van der Waals surface area contributed by atoms with Gasteiger partial charge in [-0.2, -0.15) is 0 Å². The van der Waals surface area contributed by atoms with Gasteiger partial charge in [0.2, 0.25) is 0 Å². The van der Waals surface area contributed by atoms with Crippen molar-refractivity contribution < 1.29 is 28.6 Å². The summed E-state index contributed by atoms with van der Waals surface area (Å²) in [7, 11) is 0. The normalized spacial score (nSPS) is 12.6. The van der Waals surface area contributed by atoms with Crippen LogP contribution in [0, 0.1) is 0 Å². The Labute approximate surface area is 387 Å². The Hall–Kier alpha value is -3.93. The van der Waals surface area contributed by atoms with Crippen molar-refractivity contribution in [3.63, 3.8) is 0 Å². The van der Waals surface area contributed by atoms with Crippen LogP contribution in [0.4, 0.5) is 0 Å². The Balaban J connectivity index is 4.49. The van der Waals surface area contributed by atoms with Crippen LogP contribution in [0.2, 0.25) is 0 Å². The maximum Gasteiger partial charge on any atom is 0.306 e. The summed E-state index contributed by atoms with van der Waals surface area (Å²) in [5.74, 6) is -0.958. The average molecular weight is 873 g/mol. The third-order valence-corrected chi connectivity index (χ3v) is 10.3. The van der Waals surface area contributed by atoms with Gasteiger partial charge in [-0.25, -0.2) is 0 Å². The van der Waals surface area contributed by atoms with Crippen molar-refractivity contribution in [2.24, 2.45) is 0 Å². The number of carbonyl (C=O) groups is 3. The van der Waals surface area contributed by atoms with E-state index in [4.69, 9.17) is 14.2 Å². The number of rotatable bonds is 44. The molecule has 0 radical (unpaired) electrons. The van der Waals surface area contributed by atoms with Gasteiger partial charge in [-0.1, -0.05) is 188 Å². The Bertz CT molecular complexity index is 1260. The maximum absolute atomic E-state index is 12.8. The molecule has 0 aliphatic rings. The second kappa shape index (κ2) is 50.7. The molecule has 6 nitrogen and oxygen atoms in total. The molecular formula is C57H92O6. The minimum atomic E-state index is -0.803. The molecule has 0 saturated carbocycles. The van der Waals surface area contributed by atoms with Crippen molar-refractivity contribution in [2.45, 2.75) is 219 Å². The number of hydrogen-bond acceptors (Lipinski definition) is 6. The molecule has 0 spiro atoms. The van der Waals surface area contributed by atoms with E-state index < -0.39 is 6.10 Å². The lowest BCUT2D eigenvalue weighted by molar-refractivity contribution is -0.167. The zero-order chi connectivity index (χ0) is 45.8. The molecule has 356 valence electrons. The summed E-state index contributed by atoms with van der Waals surface area (Å²) in [5, 5.41) is 0. The van der Waals surface area contributed by atoms with Crippen molar-refractivity contribution in [2.75, 3.05) is 13.2 Å². The zero-order valence-corrected chi connectivity index (χ0v) is 40.5. The van der Waals surface area contributed by atoms with Gasteiger partial charge in [0.25, 0.3) is 0 Å². The molecule has 0 N–H and O–H groups in total. The van der Waals surface area contributed by atoms with Gasteiger partial charge in [0.1, 0.15) is 13.2 Å². The zero-order valence-electron chi connectivity index (χ0n) is 40.5. The van der Waals surface area contributed by atoms with Gasteiger partial charge < -0.3 is 14.2 Å². The minimum absolute atomic E-state index is 0.102. The molecule has 0 rings (SSSR count). The average Bonchev–Trinajstić information content (AvgIpc) is 3.28. The molecule has 0 heterocycles. The summed E-state index contributed by atoms with van der Waals surface area (Å²) in [5.41, 5.74) is 0. The molecule has 0 aromatic carbocycles. The van der Waals surface area contributed by atoms with Crippen molar-refractivity contribution in [3.05, 3.63) is 109 Å². The molecule has 0 amide bonds. The fourth-order valence-electron chi connectivity index (χ4n) is 6.54. The molecule has 6 heteroatoms. The largest absolute Gasteiger partial charge is 0.462 e. The first-order valence-electron chi connectivity index (χ1n) is 25.4. The van der Waals surface area contributed by atoms with E-state index in [1.165, 1.54) is 0 Å². The summed E-state index contributed by atoms with van der Waals surface area (Å²) in [6, 6.07) is 0. The number of hydrogen-bond donors (Lipinski definition) is 0. The highest BCUT2D eigenvalue weighted by Gasteiger charge is 2.19. The molecule has 0 atom stereocenters. The van der Waals surface area contributed by atoms with E-state index in [1.54, 1.807) is 0 Å². The van der Waals surface area contributed by atoms with Crippen LogP contribution in [0.25, 0.3) is 0 Å². The highest BCUT2D eigenvalue weighted by molar-refractivity contribution is 5.71. The Morgan fingerprint density at radius 2 is 0.571 bits per heavy atom. The molecule has 0 fully saturated rings. The van der Waals surface area contributed by atoms with E-state index in [0.717, 1.165) is 173 Å². The third-order valence-electron chi connectivity index (χ3n) is 10.3. The van der Waals surface area contributed by atoms with E-state index in [9.17, 15) is 14.4 Å². The predicted molar refractivity (Wildman–Crippen MR) is 270 cm³/mol. The standard InChI is InChI=1S/C57H92O6/c1-4-7-10-13-16-19-22-25-28-31-34-37-40-43-46-49-55(58)61-52-54(63-57(60)51-48-45-42-39-36-33-30-27-24-21-18-15-12-9-6-3)53-62-56(59)50-47-44-41-38-35-32-29-26-23-20-17-14-11-8-5-2/h7-12,16-21,25-30,54H,4-6,13-15,22-24,31-53H2,1-3H3/b10-7+,11-8+,12-9+,19-16+,20-17+,21-18-,28-25+,29-26+,30-27+. The number of carbonyl (C=O) groups excluding carboxylic acids is 3. The summed E-state index contributed by atoms with van der Waals surface area (Å²) in [4.78, 5) is 38.0. The van der Waals surface area contributed by atoms with E-state index in [0.29, 0.717) is 19.3 Å². The number of unbranched alkanes of at least 4 members (excludes halogenated alkanes) is 15. The molecule has 0 saturated heterocycles. The smallest absolute Gasteiger partial charge is 0.306 e. The van der Waals surface area contributed by atoms with Gasteiger partial charge in [0.15, 0.2) is 6.10 Å². The van der Waals surface area contributed by atoms with E-state index in [2.05, 4.69) is 130 Å². The molecule has 63 heavy (non-hydrogen) atoms. The van der Waals surface area contributed by atoms with Crippen LogP contribution in [0.5, 0.6) is 0 Å². The first-order valence-corrected chi connectivity index (χ1v) is 25.4. The fourth-order valence-corrected chi connectivity index (χ4v) is 6.54. The van der Waals surface area contributed by atoms with Crippen LogP contribution in [-0.4, -0.2) is 37.2 Å². The van der Waals surface area contributed by atoms with Gasteiger partial charge in [0.05, 0.1) is 0 Å². The van der Waals surface area contributed by atoms with E-state index >= 15 is 0 Å². The first-order chi connectivity index (χ1) is 31.0. The number of ether oxygens (including phenoxy) is 3. The highest BCUT2D eigenvalue weighted by atomic mass is 16.6. The van der Waals surface area contributed by atoms with Crippen LogP contribution >= 0.6 is 0 Å². The molecule has 0 aliphatic carbocycles. The first kappa shape index (κ1) is 59.1. The van der Waals surface area contributed by atoms with Crippen LogP contribution in [0.15, 0.2) is 109 Å². The lowest BCUT2D eigenvalue weighted by Crippen LogP contribution is -2.30. The molecule has 0 bridgehead atoms.